The van der Waals surface area contributed by atoms with Crippen LogP contribution in [0.5, 0.6) is 0 Å². The summed E-state index contributed by atoms with van der Waals surface area (Å²) >= 11 is 0. The Kier molecular flexibility index (Phi) is 4.20. The summed E-state index contributed by atoms with van der Waals surface area (Å²) in [6, 6.07) is 2.91. The van der Waals surface area contributed by atoms with E-state index < -0.39 is 6.10 Å². The third kappa shape index (κ3) is 3.13. The Morgan fingerprint density at radius 3 is 2.42 bits per heavy atom. The molecule has 0 spiro atoms. The van der Waals surface area contributed by atoms with Gasteiger partial charge in [0.15, 0.2) is 0 Å². The highest BCUT2D eigenvalue weighted by Crippen LogP contribution is 2.20. The molecule has 19 heavy (non-hydrogen) atoms. The molecule has 0 heterocycles. The van der Waals surface area contributed by atoms with E-state index in [9.17, 15) is 14.3 Å². The maximum atomic E-state index is 13.5. The minimum absolute atomic E-state index is 0.188. The van der Waals surface area contributed by atoms with Crippen LogP contribution in [0.1, 0.15) is 47.2 Å². The number of nitrogens with one attached hydrogen (secondary N) is 1. The summed E-state index contributed by atoms with van der Waals surface area (Å²) in [5.41, 5.74) is 1.39. The number of hydrogen-bond acceptors (Lipinski definition) is 2. The first kappa shape index (κ1) is 14.0. The average Bonchev–Trinajstić information content (AvgIpc) is 2.38. The summed E-state index contributed by atoms with van der Waals surface area (Å²) in [6.07, 6.45) is 3.07. The molecule has 104 valence electrons. The summed E-state index contributed by atoms with van der Waals surface area (Å²) in [6.45, 7) is 3.29. The Morgan fingerprint density at radius 2 is 1.84 bits per heavy atom. The molecular weight excluding hydrogens is 245 g/mol. The van der Waals surface area contributed by atoms with Gasteiger partial charge in [-0.25, -0.2) is 4.39 Å². The minimum atomic E-state index is -0.472. The minimum Gasteiger partial charge on any atom is -0.391 e. The average molecular weight is 265 g/mol. The zero-order valence-electron chi connectivity index (χ0n) is 11.4. The summed E-state index contributed by atoms with van der Waals surface area (Å²) < 4.78 is 13.5. The van der Waals surface area contributed by atoms with Gasteiger partial charge in [-0.15, -0.1) is 0 Å². The Morgan fingerprint density at radius 1 is 1.26 bits per heavy atom. The number of amides is 1. The van der Waals surface area contributed by atoms with Gasteiger partial charge in [0, 0.05) is 5.56 Å². The molecule has 1 aromatic rings. The molecule has 1 saturated carbocycles. The highest BCUT2D eigenvalue weighted by molar-refractivity contribution is 5.94. The molecule has 0 radical (unpaired) electrons. The maximum absolute atomic E-state index is 13.5. The van der Waals surface area contributed by atoms with Crippen LogP contribution in [0.3, 0.4) is 0 Å². The van der Waals surface area contributed by atoms with E-state index in [0.717, 1.165) is 25.7 Å². The SMILES string of the molecule is Cc1cc(C(=O)NC2CCCCC2O)cc(C)c1F. The van der Waals surface area contributed by atoms with Crippen LogP contribution in [0.4, 0.5) is 4.39 Å². The molecule has 0 bridgehead atoms. The molecule has 2 rings (SSSR count). The van der Waals surface area contributed by atoms with E-state index in [1.165, 1.54) is 0 Å². The van der Waals surface area contributed by atoms with Crippen molar-refractivity contribution < 1.29 is 14.3 Å². The molecule has 4 heteroatoms. The molecule has 0 aromatic heterocycles. The number of aliphatic hydroxyl groups excluding tert-OH is 1. The Labute approximate surface area is 112 Å². The second-order valence-corrected chi connectivity index (χ2v) is 5.36. The Balaban J connectivity index is 2.11. The molecule has 1 aliphatic rings. The number of carbonyl (C=O) groups is 1. The fourth-order valence-electron chi connectivity index (χ4n) is 2.61. The van der Waals surface area contributed by atoms with Crippen molar-refractivity contribution >= 4 is 5.91 Å². The zero-order chi connectivity index (χ0) is 14.0. The van der Waals surface area contributed by atoms with Crippen LogP contribution in [0.25, 0.3) is 0 Å². The van der Waals surface area contributed by atoms with Crippen LogP contribution >= 0.6 is 0 Å². The van der Waals surface area contributed by atoms with Gasteiger partial charge in [-0.05, 0) is 49.9 Å². The van der Waals surface area contributed by atoms with Crippen molar-refractivity contribution in [3.8, 4) is 0 Å². The largest absolute Gasteiger partial charge is 0.391 e. The van der Waals surface area contributed by atoms with Gasteiger partial charge in [0.1, 0.15) is 5.82 Å². The topological polar surface area (TPSA) is 49.3 Å². The van der Waals surface area contributed by atoms with Crippen molar-refractivity contribution in [2.24, 2.45) is 0 Å². The van der Waals surface area contributed by atoms with E-state index in [1.807, 2.05) is 0 Å². The van der Waals surface area contributed by atoms with Gasteiger partial charge in [-0.1, -0.05) is 12.8 Å². The van der Waals surface area contributed by atoms with E-state index >= 15 is 0 Å². The van der Waals surface area contributed by atoms with Crippen molar-refractivity contribution in [2.45, 2.75) is 51.7 Å². The third-order valence-electron chi connectivity index (χ3n) is 3.74. The van der Waals surface area contributed by atoms with Gasteiger partial charge >= 0.3 is 0 Å². The van der Waals surface area contributed by atoms with Crippen molar-refractivity contribution in [3.63, 3.8) is 0 Å². The lowest BCUT2D eigenvalue weighted by Crippen LogP contribution is -2.45. The number of aryl methyl sites for hydroxylation is 2. The van der Waals surface area contributed by atoms with Gasteiger partial charge in [-0.3, -0.25) is 4.79 Å². The second-order valence-electron chi connectivity index (χ2n) is 5.36. The van der Waals surface area contributed by atoms with Crippen molar-refractivity contribution in [1.82, 2.24) is 5.32 Å². The van der Waals surface area contributed by atoms with Crippen LogP contribution < -0.4 is 5.32 Å². The summed E-state index contributed by atoms with van der Waals surface area (Å²) in [5.74, 6) is -0.508. The number of hydrogen-bond donors (Lipinski definition) is 2. The first-order valence-electron chi connectivity index (χ1n) is 6.74. The van der Waals surface area contributed by atoms with E-state index in [-0.39, 0.29) is 17.8 Å². The predicted octanol–water partition coefficient (Wildman–Crippen LogP) is 2.48. The first-order chi connectivity index (χ1) is 8.99. The summed E-state index contributed by atoms with van der Waals surface area (Å²) in [4.78, 5) is 12.1. The van der Waals surface area contributed by atoms with E-state index in [4.69, 9.17) is 0 Å². The van der Waals surface area contributed by atoms with Crippen molar-refractivity contribution in [3.05, 3.63) is 34.6 Å². The standard InChI is InChI=1S/C15H20FNO2/c1-9-7-11(8-10(2)14(9)16)15(19)17-12-5-3-4-6-13(12)18/h7-8,12-13,18H,3-6H2,1-2H3,(H,17,19). The smallest absolute Gasteiger partial charge is 0.251 e. The van der Waals surface area contributed by atoms with Gasteiger partial charge in [-0.2, -0.15) is 0 Å². The Bertz CT molecular complexity index is 464. The Hall–Kier alpha value is -1.42. The molecule has 3 nitrogen and oxygen atoms in total. The molecule has 1 aliphatic carbocycles. The van der Waals surface area contributed by atoms with E-state index in [1.54, 1.807) is 26.0 Å². The molecule has 0 aliphatic heterocycles. The summed E-state index contributed by atoms with van der Waals surface area (Å²) in [5, 5.41) is 12.7. The van der Waals surface area contributed by atoms with Crippen LogP contribution in [0.2, 0.25) is 0 Å². The lowest BCUT2D eigenvalue weighted by Gasteiger charge is -2.28. The highest BCUT2D eigenvalue weighted by Gasteiger charge is 2.25. The first-order valence-corrected chi connectivity index (χ1v) is 6.74. The van der Waals surface area contributed by atoms with Crippen molar-refractivity contribution in [2.75, 3.05) is 0 Å². The monoisotopic (exact) mass is 265 g/mol. The van der Waals surface area contributed by atoms with Crippen LogP contribution in [0, 0.1) is 19.7 Å². The third-order valence-corrected chi connectivity index (χ3v) is 3.74. The van der Waals surface area contributed by atoms with Gasteiger partial charge in [0.25, 0.3) is 5.91 Å². The normalized spacial score (nSPS) is 23.2. The van der Waals surface area contributed by atoms with Gasteiger partial charge in [0.05, 0.1) is 12.1 Å². The quantitative estimate of drug-likeness (QED) is 0.863. The number of carbonyl (C=O) groups excluding carboxylic acids is 1. The zero-order valence-corrected chi connectivity index (χ0v) is 11.4. The molecule has 2 atom stereocenters. The summed E-state index contributed by atoms with van der Waals surface area (Å²) in [7, 11) is 0. The molecule has 2 N–H and O–H groups in total. The molecule has 1 fully saturated rings. The number of benzene rings is 1. The lowest BCUT2D eigenvalue weighted by molar-refractivity contribution is 0.0717. The lowest BCUT2D eigenvalue weighted by atomic mass is 9.92. The van der Waals surface area contributed by atoms with Gasteiger partial charge < -0.3 is 10.4 Å². The van der Waals surface area contributed by atoms with E-state index in [0.29, 0.717) is 16.7 Å². The fraction of sp³-hybridized carbons (Fsp3) is 0.533. The molecule has 0 saturated heterocycles. The molecule has 2 unspecified atom stereocenters. The molecule has 1 aromatic carbocycles. The van der Waals surface area contributed by atoms with E-state index in [2.05, 4.69) is 5.32 Å². The second kappa shape index (κ2) is 5.70. The number of rotatable bonds is 2. The molecule has 1 amide bonds. The van der Waals surface area contributed by atoms with Crippen LogP contribution in [0.15, 0.2) is 12.1 Å². The molecular formula is C15H20FNO2. The predicted molar refractivity (Wildman–Crippen MR) is 71.6 cm³/mol. The van der Waals surface area contributed by atoms with Crippen LogP contribution in [-0.4, -0.2) is 23.2 Å². The van der Waals surface area contributed by atoms with Gasteiger partial charge in [0.2, 0.25) is 0 Å². The van der Waals surface area contributed by atoms with Crippen molar-refractivity contribution in [1.29, 1.82) is 0 Å². The number of aliphatic hydroxyl groups is 1. The number of halogens is 1. The highest BCUT2D eigenvalue weighted by atomic mass is 19.1. The maximum Gasteiger partial charge on any atom is 0.251 e. The van der Waals surface area contributed by atoms with Crippen LogP contribution in [-0.2, 0) is 0 Å². The fourth-order valence-corrected chi connectivity index (χ4v) is 2.61.